The first-order valence-corrected chi connectivity index (χ1v) is 12.7. The van der Waals surface area contributed by atoms with Gasteiger partial charge >= 0.3 is 5.97 Å². The lowest BCUT2D eigenvalue weighted by Crippen LogP contribution is -2.30. The molecule has 38 heavy (non-hydrogen) atoms. The Balaban J connectivity index is 1.66. The molecule has 4 aromatic rings. The van der Waals surface area contributed by atoms with Gasteiger partial charge in [-0.25, -0.2) is 9.97 Å². The Hall–Kier alpha value is -4.07. The molecule has 1 amide bonds. The fraction of sp³-hybridized carbons (Fsp3) is 0.200. The summed E-state index contributed by atoms with van der Waals surface area (Å²) in [5.74, 6) is -1.16. The third-order valence-corrected chi connectivity index (χ3v) is 6.44. The maximum atomic E-state index is 13.2. The first-order chi connectivity index (χ1) is 18.4. The number of halogens is 1. The molecule has 7 nitrogen and oxygen atoms in total. The summed E-state index contributed by atoms with van der Waals surface area (Å²) in [5, 5.41) is 22.2. The van der Waals surface area contributed by atoms with Crippen molar-refractivity contribution in [1.82, 2.24) is 15.3 Å². The van der Waals surface area contributed by atoms with Crippen LogP contribution in [0.15, 0.2) is 84.9 Å². The summed E-state index contributed by atoms with van der Waals surface area (Å²) >= 11 is 6.07. The Kier molecular flexibility index (Phi) is 8.84. The van der Waals surface area contributed by atoms with Crippen molar-refractivity contribution < 1.29 is 19.8 Å². The number of benzene rings is 3. The van der Waals surface area contributed by atoms with Gasteiger partial charge < -0.3 is 15.5 Å². The molecule has 194 valence electrons. The number of hydrogen-bond donors (Lipinski definition) is 3. The number of carbonyl (C=O) groups excluding carboxylic acids is 1. The normalized spacial score (nSPS) is 11.7. The standard InChI is InChI=1S/C30H28ClN3O4/c1-19(18-35)28(20-7-3-2-4-8-20)34-30(38)22-13-16-24-26(17-22)32-25(9-5-6-10-27(36)37)29(33-24)21-11-14-23(31)15-12-21/h2-4,7-8,11-17,28,35H,1,5-6,9-10,18H2,(H,34,38)(H,36,37)/t28-/m0/s1. The molecule has 8 heteroatoms. The quantitative estimate of drug-likeness (QED) is 0.168. The predicted octanol–water partition coefficient (Wildman–Crippen LogP) is 5.77. The number of carbonyl (C=O) groups is 2. The molecule has 0 radical (unpaired) electrons. The molecule has 1 atom stereocenters. The number of unbranched alkanes of at least 4 members (excludes halogenated alkanes) is 1. The summed E-state index contributed by atoms with van der Waals surface area (Å²) in [4.78, 5) is 33.8. The summed E-state index contributed by atoms with van der Waals surface area (Å²) in [6.45, 7) is 3.65. The largest absolute Gasteiger partial charge is 0.481 e. The zero-order valence-electron chi connectivity index (χ0n) is 20.7. The van der Waals surface area contributed by atoms with E-state index in [4.69, 9.17) is 26.7 Å². The number of carboxylic acids is 1. The van der Waals surface area contributed by atoms with Crippen LogP contribution in [-0.4, -0.2) is 38.7 Å². The van der Waals surface area contributed by atoms with Gasteiger partial charge in [-0.05, 0) is 60.7 Å². The second-order valence-corrected chi connectivity index (χ2v) is 9.40. The summed E-state index contributed by atoms with van der Waals surface area (Å²) < 4.78 is 0. The van der Waals surface area contributed by atoms with Crippen molar-refractivity contribution in [2.75, 3.05) is 6.61 Å². The Morgan fingerprint density at radius 3 is 2.37 bits per heavy atom. The van der Waals surface area contributed by atoms with Gasteiger partial charge in [0, 0.05) is 22.6 Å². The molecule has 1 heterocycles. The van der Waals surface area contributed by atoms with E-state index >= 15 is 0 Å². The highest BCUT2D eigenvalue weighted by Gasteiger charge is 2.19. The Labute approximate surface area is 225 Å². The van der Waals surface area contributed by atoms with Gasteiger partial charge in [0.25, 0.3) is 5.91 Å². The maximum Gasteiger partial charge on any atom is 0.303 e. The first-order valence-electron chi connectivity index (χ1n) is 12.3. The zero-order valence-corrected chi connectivity index (χ0v) is 21.5. The Morgan fingerprint density at radius 1 is 0.947 bits per heavy atom. The van der Waals surface area contributed by atoms with Crippen LogP contribution in [0.3, 0.4) is 0 Å². The summed E-state index contributed by atoms with van der Waals surface area (Å²) in [6, 6.07) is 21.2. The lowest BCUT2D eigenvalue weighted by molar-refractivity contribution is -0.137. The summed E-state index contributed by atoms with van der Waals surface area (Å²) in [7, 11) is 0. The highest BCUT2D eigenvalue weighted by atomic mass is 35.5. The van der Waals surface area contributed by atoms with Crippen molar-refractivity contribution in [1.29, 1.82) is 0 Å². The van der Waals surface area contributed by atoms with Crippen molar-refractivity contribution in [3.63, 3.8) is 0 Å². The fourth-order valence-electron chi connectivity index (χ4n) is 4.19. The molecule has 0 aliphatic carbocycles. The molecule has 4 rings (SSSR count). The van der Waals surface area contributed by atoms with Gasteiger partial charge in [0.15, 0.2) is 0 Å². The monoisotopic (exact) mass is 529 g/mol. The molecule has 0 fully saturated rings. The smallest absolute Gasteiger partial charge is 0.303 e. The van der Waals surface area contributed by atoms with E-state index in [0.29, 0.717) is 52.1 Å². The number of aliphatic hydroxyl groups excluding tert-OH is 1. The predicted molar refractivity (Wildman–Crippen MR) is 148 cm³/mol. The van der Waals surface area contributed by atoms with Crippen LogP contribution in [0.2, 0.25) is 5.02 Å². The molecular weight excluding hydrogens is 502 g/mol. The number of hydrogen-bond acceptors (Lipinski definition) is 5. The van der Waals surface area contributed by atoms with Gasteiger partial charge in [0.1, 0.15) is 0 Å². The molecule has 0 aliphatic rings. The number of aromatic nitrogens is 2. The molecular formula is C30H28ClN3O4. The number of carboxylic acid groups (broad SMARTS) is 1. The van der Waals surface area contributed by atoms with Crippen molar-refractivity contribution >= 4 is 34.5 Å². The Morgan fingerprint density at radius 2 is 1.68 bits per heavy atom. The number of nitrogens with one attached hydrogen (secondary N) is 1. The molecule has 0 unspecified atom stereocenters. The second kappa shape index (κ2) is 12.4. The molecule has 0 saturated heterocycles. The maximum absolute atomic E-state index is 13.2. The highest BCUT2D eigenvalue weighted by molar-refractivity contribution is 6.30. The summed E-state index contributed by atoms with van der Waals surface area (Å²) in [5.41, 5.74) is 5.14. The molecule has 0 aliphatic heterocycles. The van der Waals surface area contributed by atoms with Crippen molar-refractivity contribution in [3.8, 4) is 11.3 Å². The minimum atomic E-state index is -0.833. The van der Waals surface area contributed by atoms with Crippen LogP contribution in [-0.2, 0) is 11.2 Å². The van der Waals surface area contributed by atoms with E-state index in [2.05, 4.69) is 11.9 Å². The summed E-state index contributed by atoms with van der Waals surface area (Å²) in [6.07, 6.45) is 1.78. The molecule has 3 N–H and O–H groups in total. The highest BCUT2D eigenvalue weighted by Crippen LogP contribution is 2.27. The van der Waals surface area contributed by atoms with Gasteiger partial charge in [0.05, 0.1) is 35.1 Å². The van der Waals surface area contributed by atoms with E-state index in [-0.39, 0.29) is 18.9 Å². The van der Waals surface area contributed by atoms with Crippen LogP contribution < -0.4 is 5.32 Å². The number of aliphatic carboxylic acids is 1. The third-order valence-electron chi connectivity index (χ3n) is 6.19. The number of rotatable bonds is 11. The van der Waals surface area contributed by atoms with Crippen LogP contribution in [0.5, 0.6) is 0 Å². The lowest BCUT2D eigenvalue weighted by atomic mass is 9.99. The first kappa shape index (κ1) is 27.0. The van der Waals surface area contributed by atoms with Gasteiger partial charge in [0.2, 0.25) is 0 Å². The van der Waals surface area contributed by atoms with Crippen LogP contribution in [0.25, 0.3) is 22.3 Å². The average molecular weight is 530 g/mol. The average Bonchev–Trinajstić information content (AvgIpc) is 2.93. The number of nitrogens with zero attached hydrogens (tertiary/aromatic N) is 2. The van der Waals surface area contributed by atoms with Crippen LogP contribution in [0, 0.1) is 0 Å². The van der Waals surface area contributed by atoms with E-state index in [1.807, 2.05) is 42.5 Å². The minimum Gasteiger partial charge on any atom is -0.481 e. The lowest BCUT2D eigenvalue weighted by Gasteiger charge is -2.20. The van der Waals surface area contributed by atoms with Crippen molar-refractivity contribution in [2.45, 2.75) is 31.7 Å². The minimum absolute atomic E-state index is 0.0866. The molecule has 0 spiro atoms. The van der Waals surface area contributed by atoms with Crippen LogP contribution in [0.1, 0.15) is 46.9 Å². The number of aliphatic hydroxyl groups is 1. The Bertz CT molecular complexity index is 1460. The van der Waals surface area contributed by atoms with Gasteiger partial charge in [-0.1, -0.05) is 60.6 Å². The SMILES string of the molecule is C=C(CO)[C@H](NC(=O)c1ccc2nc(-c3ccc(Cl)cc3)c(CCCCC(=O)O)nc2c1)c1ccccc1. The molecule has 3 aromatic carbocycles. The molecule has 1 aromatic heterocycles. The van der Waals surface area contributed by atoms with E-state index < -0.39 is 12.0 Å². The number of aryl methyl sites for hydroxylation is 1. The van der Waals surface area contributed by atoms with Crippen LogP contribution in [0.4, 0.5) is 0 Å². The van der Waals surface area contributed by atoms with E-state index in [0.717, 1.165) is 16.8 Å². The second-order valence-electron chi connectivity index (χ2n) is 8.96. The molecule has 0 bridgehead atoms. The van der Waals surface area contributed by atoms with Gasteiger partial charge in [-0.3, -0.25) is 9.59 Å². The third kappa shape index (κ3) is 6.62. The topological polar surface area (TPSA) is 112 Å². The van der Waals surface area contributed by atoms with Crippen LogP contribution >= 0.6 is 11.6 Å². The fourth-order valence-corrected chi connectivity index (χ4v) is 4.31. The van der Waals surface area contributed by atoms with Gasteiger partial charge in [-0.15, -0.1) is 0 Å². The van der Waals surface area contributed by atoms with Crippen molar-refractivity contribution in [3.05, 3.63) is 107 Å². The number of amides is 1. The van der Waals surface area contributed by atoms with Gasteiger partial charge in [-0.2, -0.15) is 0 Å². The van der Waals surface area contributed by atoms with E-state index in [1.165, 1.54) is 0 Å². The number of fused-ring (bicyclic) bond motifs is 1. The van der Waals surface area contributed by atoms with E-state index in [9.17, 15) is 14.7 Å². The van der Waals surface area contributed by atoms with E-state index in [1.54, 1.807) is 30.3 Å². The zero-order chi connectivity index (χ0) is 27.1. The van der Waals surface area contributed by atoms with Crippen molar-refractivity contribution in [2.24, 2.45) is 0 Å². The molecule has 0 saturated carbocycles.